The molecule has 0 aliphatic carbocycles. The molecule has 3 aromatic rings. The largest absolute Gasteiger partial charge is 0.206 e. The van der Waals surface area contributed by atoms with Crippen LogP contribution in [0.25, 0.3) is 23.1 Å². The molecule has 0 amide bonds. The summed E-state index contributed by atoms with van der Waals surface area (Å²) in [5.74, 6) is -0.231. The molecule has 3 rings (SSSR count). The van der Waals surface area contributed by atoms with Gasteiger partial charge in [-0.2, -0.15) is 10.2 Å². The zero-order chi connectivity index (χ0) is 13.1. The predicted molar refractivity (Wildman–Crippen MR) is 74.9 cm³/mol. The standard InChI is InChI=1S/C16H11FN2/c17-15-7-3-1-5-12(15)9-10-13-11-18-19-16-8-4-2-6-14(13)16/h1-11H/b10-9-. The van der Waals surface area contributed by atoms with E-state index in [1.807, 2.05) is 36.4 Å². The number of nitrogens with zero attached hydrogens (tertiary/aromatic N) is 2. The smallest absolute Gasteiger partial charge is 0.130 e. The van der Waals surface area contributed by atoms with Crippen LogP contribution in [0.15, 0.2) is 54.7 Å². The molecule has 0 spiro atoms. The van der Waals surface area contributed by atoms with Gasteiger partial charge in [0.05, 0.1) is 11.7 Å². The Morgan fingerprint density at radius 2 is 1.58 bits per heavy atom. The van der Waals surface area contributed by atoms with Crippen LogP contribution in [0.3, 0.4) is 0 Å². The van der Waals surface area contributed by atoms with Crippen molar-refractivity contribution >= 4 is 23.1 Å². The first-order valence-corrected chi connectivity index (χ1v) is 5.97. The minimum atomic E-state index is -0.231. The Hall–Kier alpha value is -2.55. The topological polar surface area (TPSA) is 25.8 Å². The summed E-state index contributed by atoms with van der Waals surface area (Å²) in [6, 6.07) is 14.4. The lowest BCUT2D eigenvalue weighted by atomic mass is 10.1. The second-order valence-electron chi connectivity index (χ2n) is 4.17. The van der Waals surface area contributed by atoms with Gasteiger partial charge in [-0.1, -0.05) is 48.6 Å². The number of aromatic nitrogens is 2. The summed E-state index contributed by atoms with van der Waals surface area (Å²) in [7, 11) is 0. The Morgan fingerprint density at radius 1 is 0.842 bits per heavy atom. The second-order valence-corrected chi connectivity index (χ2v) is 4.17. The quantitative estimate of drug-likeness (QED) is 0.688. The van der Waals surface area contributed by atoms with Gasteiger partial charge in [0, 0.05) is 16.5 Å². The molecular formula is C16H11FN2. The van der Waals surface area contributed by atoms with Crippen LogP contribution in [0.4, 0.5) is 4.39 Å². The van der Waals surface area contributed by atoms with Crippen molar-refractivity contribution in [1.29, 1.82) is 0 Å². The molecule has 0 bridgehead atoms. The van der Waals surface area contributed by atoms with Crippen LogP contribution in [-0.4, -0.2) is 10.2 Å². The van der Waals surface area contributed by atoms with Gasteiger partial charge in [-0.3, -0.25) is 0 Å². The summed E-state index contributed by atoms with van der Waals surface area (Å²) in [6.45, 7) is 0. The summed E-state index contributed by atoms with van der Waals surface area (Å²) in [4.78, 5) is 0. The maximum absolute atomic E-state index is 13.5. The average molecular weight is 250 g/mol. The molecule has 0 aliphatic rings. The Balaban J connectivity index is 2.04. The number of hydrogen-bond acceptors (Lipinski definition) is 2. The first-order chi connectivity index (χ1) is 9.34. The normalized spacial score (nSPS) is 11.2. The van der Waals surface area contributed by atoms with Gasteiger partial charge in [0.25, 0.3) is 0 Å². The minimum absolute atomic E-state index is 0.231. The van der Waals surface area contributed by atoms with Gasteiger partial charge in [-0.15, -0.1) is 0 Å². The zero-order valence-electron chi connectivity index (χ0n) is 10.1. The molecule has 1 heterocycles. The van der Waals surface area contributed by atoms with E-state index >= 15 is 0 Å². The first kappa shape index (κ1) is 11.5. The lowest BCUT2D eigenvalue weighted by Crippen LogP contribution is -1.86. The molecule has 2 nitrogen and oxygen atoms in total. The molecule has 19 heavy (non-hydrogen) atoms. The Morgan fingerprint density at radius 3 is 2.47 bits per heavy atom. The SMILES string of the molecule is Fc1ccccc1/C=C\c1cnnc2ccccc12. The third-order valence-electron chi connectivity index (χ3n) is 2.93. The molecule has 1 aromatic heterocycles. The maximum atomic E-state index is 13.5. The van der Waals surface area contributed by atoms with Crippen molar-refractivity contribution in [3.63, 3.8) is 0 Å². The molecule has 0 radical (unpaired) electrons. The number of hydrogen-bond donors (Lipinski definition) is 0. The molecule has 0 fully saturated rings. The van der Waals surface area contributed by atoms with Gasteiger partial charge in [0.2, 0.25) is 0 Å². The molecule has 0 saturated heterocycles. The summed E-state index contributed by atoms with van der Waals surface area (Å²) < 4.78 is 13.5. The number of rotatable bonds is 2. The van der Waals surface area contributed by atoms with Crippen LogP contribution in [0.2, 0.25) is 0 Å². The highest BCUT2D eigenvalue weighted by atomic mass is 19.1. The highest BCUT2D eigenvalue weighted by molar-refractivity contribution is 5.89. The van der Waals surface area contributed by atoms with Crippen molar-refractivity contribution in [2.24, 2.45) is 0 Å². The van der Waals surface area contributed by atoms with Crippen LogP contribution in [0, 0.1) is 5.82 Å². The fourth-order valence-corrected chi connectivity index (χ4v) is 1.95. The van der Waals surface area contributed by atoms with Crippen molar-refractivity contribution in [2.75, 3.05) is 0 Å². The Bertz CT molecular complexity index is 745. The van der Waals surface area contributed by atoms with Gasteiger partial charge in [0.1, 0.15) is 5.82 Å². The summed E-state index contributed by atoms with van der Waals surface area (Å²) >= 11 is 0. The molecule has 2 aromatic carbocycles. The van der Waals surface area contributed by atoms with E-state index < -0.39 is 0 Å². The highest BCUT2D eigenvalue weighted by Crippen LogP contribution is 2.18. The predicted octanol–water partition coefficient (Wildman–Crippen LogP) is 3.94. The summed E-state index contributed by atoms with van der Waals surface area (Å²) in [5.41, 5.74) is 2.32. The van der Waals surface area contributed by atoms with E-state index in [1.54, 1.807) is 24.4 Å². The van der Waals surface area contributed by atoms with Crippen LogP contribution in [0.5, 0.6) is 0 Å². The van der Waals surface area contributed by atoms with Crippen LogP contribution >= 0.6 is 0 Å². The zero-order valence-corrected chi connectivity index (χ0v) is 10.1. The van der Waals surface area contributed by atoms with Gasteiger partial charge >= 0.3 is 0 Å². The van der Waals surface area contributed by atoms with Crippen molar-refractivity contribution in [1.82, 2.24) is 10.2 Å². The Labute approximate surface area is 110 Å². The van der Waals surface area contributed by atoms with Crippen LogP contribution in [-0.2, 0) is 0 Å². The number of fused-ring (bicyclic) bond motifs is 1. The average Bonchev–Trinajstić information content (AvgIpc) is 2.46. The fraction of sp³-hybridized carbons (Fsp3) is 0. The monoisotopic (exact) mass is 250 g/mol. The lowest BCUT2D eigenvalue weighted by molar-refractivity contribution is 0.625. The molecule has 3 heteroatoms. The van der Waals surface area contributed by atoms with Crippen LogP contribution in [0.1, 0.15) is 11.1 Å². The van der Waals surface area contributed by atoms with Gasteiger partial charge in [-0.05, 0) is 12.1 Å². The lowest BCUT2D eigenvalue weighted by Gasteiger charge is -2.00. The van der Waals surface area contributed by atoms with Gasteiger partial charge < -0.3 is 0 Å². The van der Waals surface area contributed by atoms with Gasteiger partial charge in [-0.25, -0.2) is 4.39 Å². The number of benzene rings is 2. The molecule has 0 unspecified atom stereocenters. The van der Waals surface area contributed by atoms with E-state index in [2.05, 4.69) is 10.2 Å². The second kappa shape index (κ2) is 4.98. The molecule has 0 saturated carbocycles. The molecule has 0 aliphatic heterocycles. The molecule has 0 atom stereocenters. The van der Waals surface area contributed by atoms with E-state index in [9.17, 15) is 4.39 Å². The minimum Gasteiger partial charge on any atom is -0.206 e. The van der Waals surface area contributed by atoms with Gasteiger partial charge in [0.15, 0.2) is 0 Å². The van der Waals surface area contributed by atoms with Crippen LogP contribution < -0.4 is 0 Å². The molecule has 0 N–H and O–H groups in total. The number of halogens is 1. The van der Waals surface area contributed by atoms with E-state index in [4.69, 9.17) is 0 Å². The van der Waals surface area contributed by atoms with E-state index in [0.29, 0.717) is 5.56 Å². The van der Waals surface area contributed by atoms with Crippen molar-refractivity contribution < 1.29 is 4.39 Å². The van der Waals surface area contributed by atoms with E-state index in [1.165, 1.54) is 6.07 Å². The van der Waals surface area contributed by atoms with E-state index in [0.717, 1.165) is 16.5 Å². The molecule has 92 valence electrons. The third kappa shape index (κ3) is 2.36. The van der Waals surface area contributed by atoms with Crippen molar-refractivity contribution in [3.05, 3.63) is 71.7 Å². The first-order valence-electron chi connectivity index (χ1n) is 5.97. The highest BCUT2D eigenvalue weighted by Gasteiger charge is 2.00. The maximum Gasteiger partial charge on any atom is 0.130 e. The van der Waals surface area contributed by atoms with E-state index in [-0.39, 0.29) is 5.82 Å². The fourth-order valence-electron chi connectivity index (χ4n) is 1.95. The molecular weight excluding hydrogens is 239 g/mol. The van der Waals surface area contributed by atoms with Crippen molar-refractivity contribution in [2.45, 2.75) is 0 Å². The van der Waals surface area contributed by atoms with Crippen molar-refractivity contribution in [3.8, 4) is 0 Å². The Kier molecular flexibility index (Phi) is 3.02. The third-order valence-corrected chi connectivity index (χ3v) is 2.93. The summed E-state index contributed by atoms with van der Waals surface area (Å²) in [6.07, 6.45) is 5.29. The summed E-state index contributed by atoms with van der Waals surface area (Å²) in [5, 5.41) is 9.01.